The number of nitrogens with one attached hydrogen (secondary N) is 1. The first-order valence-corrected chi connectivity index (χ1v) is 7.89. The number of aromatic amines is 1. The van der Waals surface area contributed by atoms with Crippen molar-refractivity contribution in [1.82, 2.24) is 15.1 Å². The fraction of sp³-hybridized carbons (Fsp3) is 0.412. The van der Waals surface area contributed by atoms with Gasteiger partial charge in [-0.2, -0.15) is 5.10 Å². The molecule has 0 amide bonds. The largest absolute Gasteiger partial charge is 0.492 e. The van der Waals surface area contributed by atoms with Gasteiger partial charge >= 0.3 is 5.97 Å². The second kappa shape index (κ2) is 9.03. The number of ether oxygens (including phenoxy) is 1. The second-order valence-corrected chi connectivity index (χ2v) is 5.83. The molecule has 1 aromatic heterocycles. The zero-order valence-corrected chi connectivity index (χ0v) is 15.7. The Morgan fingerprint density at radius 2 is 2.17 bits per heavy atom. The molecule has 0 saturated carbocycles. The third-order valence-corrected chi connectivity index (χ3v) is 4.34. The maximum Gasteiger partial charge on any atom is 0.335 e. The van der Waals surface area contributed by atoms with Crippen LogP contribution >= 0.6 is 24.0 Å². The minimum absolute atomic E-state index is 0. The molecule has 2 N–H and O–H groups in total. The number of halogens is 1. The van der Waals surface area contributed by atoms with Gasteiger partial charge in [0.25, 0.3) is 0 Å². The Kier molecular flexibility index (Phi) is 7.04. The van der Waals surface area contributed by atoms with E-state index >= 15 is 0 Å². The summed E-state index contributed by atoms with van der Waals surface area (Å²) in [7, 11) is 0. The van der Waals surface area contributed by atoms with Gasteiger partial charge in [0.05, 0.1) is 11.8 Å². The number of hydrogen-bond acceptors (Lipinski definition) is 4. The number of hydrogen-bond donors (Lipinski definition) is 2. The second-order valence-electron chi connectivity index (χ2n) is 5.83. The molecule has 1 aliphatic heterocycles. The minimum atomic E-state index is -0.934. The van der Waals surface area contributed by atoms with Crippen LogP contribution in [0.4, 0.5) is 0 Å². The van der Waals surface area contributed by atoms with Crippen molar-refractivity contribution in [3.63, 3.8) is 0 Å². The van der Waals surface area contributed by atoms with Gasteiger partial charge in [0, 0.05) is 12.7 Å². The highest BCUT2D eigenvalue weighted by Crippen LogP contribution is 2.26. The van der Waals surface area contributed by atoms with Crippen LogP contribution in [0.3, 0.4) is 0 Å². The number of aromatic carboxylic acids is 1. The van der Waals surface area contributed by atoms with Crippen LogP contribution in [0.2, 0.25) is 0 Å². The van der Waals surface area contributed by atoms with Crippen molar-refractivity contribution in [2.24, 2.45) is 0 Å². The van der Waals surface area contributed by atoms with E-state index in [9.17, 15) is 4.79 Å². The zero-order chi connectivity index (χ0) is 16.1. The zero-order valence-electron chi connectivity index (χ0n) is 13.4. The fourth-order valence-corrected chi connectivity index (χ4v) is 2.99. The van der Waals surface area contributed by atoms with Crippen molar-refractivity contribution in [2.45, 2.75) is 18.8 Å². The summed E-state index contributed by atoms with van der Waals surface area (Å²) in [5, 5.41) is 15.9. The highest BCUT2D eigenvalue weighted by Gasteiger charge is 2.20. The van der Waals surface area contributed by atoms with Crippen LogP contribution in [0, 0.1) is 0 Å². The molecule has 1 aromatic carbocycles. The molecule has 24 heavy (non-hydrogen) atoms. The van der Waals surface area contributed by atoms with Gasteiger partial charge in [-0.3, -0.25) is 10.00 Å². The maximum atomic E-state index is 10.9. The van der Waals surface area contributed by atoms with E-state index in [0.29, 0.717) is 18.3 Å². The summed E-state index contributed by atoms with van der Waals surface area (Å²) in [6.07, 6.45) is 6.17. The van der Waals surface area contributed by atoms with Crippen molar-refractivity contribution < 1.29 is 14.6 Å². The van der Waals surface area contributed by atoms with E-state index in [2.05, 4.69) is 15.1 Å². The predicted molar refractivity (Wildman–Crippen MR) is 101 cm³/mol. The topological polar surface area (TPSA) is 78.5 Å². The summed E-state index contributed by atoms with van der Waals surface area (Å²) in [5.41, 5.74) is 1.55. The Balaban J connectivity index is 0.00000208. The number of rotatable bonds is 6. The standard InChI is InChI=1S/C17H21N3O3.HI/c21-17(22)14-2-1-3-16(10-14)23-9-8-20-6-4-13(5-7-20)15-11-18-19-12-15;/h1-3,10-13H,4-9H2,(H,18,19)(H,21,22);1H. The Hall–Kier alpha value is -1.61. The van der Waals surface area contributed by atoms with Crippen molar-refractivity contribution in [1.29, 1.82) is 0 Å². The quantitative estimate of drug-likeness (QED) is 0.672. The molecule has 1 saturated heterocycles. The van der Waals surface area contributed by atoms with Crippen LogP contribution in [0.15, 0.2) is 36.7 Å². The molecular formula is C17H22IN3O3. The molecule has 0 aliphatic carbocycles. The van der Waals surface area contributed by atoms with Gasteiger partial charge in [0.15, 0.2) is 0 Å². The van der Waals surface area contributed by atoms with Crippen molar-refractivity contribution in [3.8, 4) is 5.75 Å². The molecule has 7 heteroatoms. The Morgan fingerprint density at radius 1 is 1.38 bits per heavy atom. The van der Waals surface area contributed by atoms with Gasteiger partial charge in [-0.15, -0.1) is 24.0 Å². The van der Waals surface area contributed by atoms with E-state index < -0.39 is 5.97 Å². The third kappa shape index (κ3) is 4.94. The summed E-state index contributed by atoms with van der Waals surface area (Å²) in [6.45, 7) is 3.53. The SMILES string of the molecule is I.O=C(O)c1cccc(OCCN2CCC(c3cn[nH]c3)CC2)c1. The smallest absolute Gasteiger partial charge is 0.335 e. The van der Waals surface area contributed by atoms with Crippen LogP contribution < -0.4 is 4.74 Å². The Bertz CT molecular complexity index is 640. The van der Waals surface area contributed by atoms with E-state index in [1.165, 1.54) is 5.56 Å². The minimum Gasteiger partial charge on any atom is -0.492 e. The summed E-state index contributed by atoms with van der Waals surface area (Å²) in [5.74, 6) is 0.271. The first kappa shape index (κ1) is 18.7. The van der Waals surface area contributed by atoms with E-state index in [0.717, 1.165) is 32.5 Å². The molecule has 0 atom stereocenters. The molecule has 0 unspecified atom stereocenters. The monoisotopic (exact) mass is 443 g/mol. The fourth-order valence-electron chi connectivity index (χ4n) is 2.99. The summed E-state index contributed by atoms with van der Waals surface area (Å²) < 4.78 is 5.68. The summed E-state index contributed by atoms with van der Waals surface area (Å²) in [6, 6.07) is 6.62. The summed E-state index contributed by atoms with van der Waals surface area (Å²) >= 11 is 0. The molecule has 0 spiro atoms. The molecule has 3 rings (SSSR count). The van der Waals surface area contributed by atoms with Gasteiger partial charge in [0.2, 0.25) is 0 Å². The summed E-state index contributed by atoms with van der Waals surface area (Å²) in [4.78, 5) is 13.3. The molecule has 0 radical (unpaired) electrons. The molecule has 130 valence electrons. The molecular weight excluding hydrogens is 421 g/mol. The van der Waals surface area contributed by atoms with Crippen LogP contribution in [-0.4, -0.2) is 52.4 Å². The number of carboxylic acid groups (broad SMARTS) is 1. The predicted octanol–water partition coefficient (Wildman–Crippen LogP) is 2.98. The number of H-pyrrole nitrogens is 1. The molecule has 2 heterocycles. The number of benzene rings is 1. The van der Waals surface area contributed by atoms with Crippen LogP contribution in [0.25, 0.3) is 0 Å². The Morgan fingerprint density at radius 3 is 2.83 bits per heavy atom. The van der Waals surface area contributed by atoms with Gasteiger partial charge in [-0.25, -0.2) is 4.79 Å². The molecule has 1 aliphatic rings. The maximum absolute atomic E-state index is 10.9. The lowest BCUT2D eigenvalue weighted by atomic mass is 9.92. The van der Waals surface area contributed by atoms with Crippen molar-refractivity contribution in [3.05, 3.63) is 47.8 Å². The lowest BCUT2D eigenvalue weighted by molar-refractivity contribution is 0.0696. The van der Waals surface area contributed by atoms with Gasteiger partial charge < -0.3 is 9.84 Å². The number of carbonyl (C=O) groups is 1. The number of nitrogens with zero attached hydrogens (tertiary/aromatic N) is 2. The van der Waals surface area contributed by atoms with Crippen LogP contribution in [0.5, 0.6) is 5.75 Å². The number of carboxylic acids is 1. The van der Waals surface area contributed by atoms with Crippen molar-refractivity contribution >= 4 is 29.9 Å². The van der Waals surface area contributed by atoms with Crippen molar-refractivity contribution in [2.75, 3.05) is 26.2 Å². The highest BCUT2D eigenvalue weighted by molar-refractivity contribution is 14.0. The van der Waals surface area contributed by atoms with Crippen LogP contribution in [0.1, 0.15) is 34.7 Å². The average Bonchev–Trinajstić information content (AvgIpc) is 3.10. The average molecular weight is 443 g/mol. The van der Waals surface area contributed by atoms with Gasteiger partial charge in [-0.1, -0.05) is 6.07 Å². The Labute approximate surface area is 158 Å². The van der Waals surface area contributed by atoms with E-state index in [4.69, 9.17) is 9.84 Å². The first-order valence-electron chi connectivity index (χ1n) is 7.89. The lowest BCUT2D eigenvalue weighted by Crippen LogP contribution is -2.35. The van der Waals surface area contributed by atoms with Gasteiger partial charge in [-0.05, 0) is 55.6 Å². The first-order chi connectivity index (χ1) is 11.2. The van der Waals surface area contributed by atoms with Crippen LogP contribution in [-0.2, 0) is 0 Å². The number of aromatic nitrogens is 2. The normalized spacial score (nSPS) is 15.7. The molecule has 2 aromatic rings. The lowest BCUT2D eigenvalue weighted by Gasteiger charge is -2.31. The third-order valence-electron chi connectivity index (χ3n) is 4.34. The molecule has 1 fully saturated rings. The highest BCUT2D eigenvalue weighted by atomic mass is 127. The molecule has 6 nitrogen and oxygen atoms in total. The van der Waals surface area contributed by atoms with E-state index in [-0.39, 0.29) is 29.5 Å². The number of piperidine rings is 1. The van der Waals surface area contributed by atoms with E-state index in [1.54, 1.807) is 24.3 Å². The van der Waals surface area contributed by atoms with E-state index in [1.807, 2.05) is 12.4 Å². The molecule has 0 bridgehead atoms. The van der Waals surface area contributed by atoms with Gasteiger partial charge in [0.1, 0.15) is 12.4 Å². The number of likely N-dealkylation sites (tertiary alicyclic amines) is 1.